The third kappa shape index (κ3) is 3.55. The summed E-state index contributed by atoms with van der Waals surface area (Å²) in [5, 5.41) is 0.597. The summed E-state index contributed by atoms with van der Waals surface area (Å²) in [5.74, 6) is 0.0185. The van der Waals surface area contributed by atoms with Gasteiger partial charge >= 0.3 is 0 Å². The van der Waals surface area contributed by atoms with Crippen molar-refractivity contribution in [2.75, 3.05) is 19.3 Å². The summed E-state index contributed by atoms with van der Waals surface area (Å²) in [6.45, 7) is 1.33. The highest BCUT2D eigenvalue weighted by atomic mass is 79.9. The van der Waals surface area contributed by atoms with Crippen molar-refractivity contribution in [3.63, 3.8) is 0 Å². The van der Waals surface area contributed by atoms with E-state index in [0.717, 1.165) is 17.3 Å². The molecule has 114 valence electrons. The monoisotopic (exact) mass is 406 g/mol. The molecule has 1 fully saturated rings. The van der Waals surface area contributed by atoms with Crippen molar-refractivity contribution < 1.29 is 4.79 Å². The van der Waals surface area contributed by atoms with Crippen LogP contribution < -0.4 is 5.73 Å². The number of benzene rings is 1. The Morgan fingerprint density at radius 2 is 2.10 bits per heavy atom. The molecule has 0 aliphatic carbocycles. The van der Waals surface area contributed by atoms with E-state index < -0.39 is 0 Å². The van der Waals surface area contributed by atoms with E-state index in [4.69, 9.17) is 29.6 Å². The molecule has 0 spiro atoms. The molecule has 0 unspecified atom stereocenters. The van der Waals surface area contributed by atoms with Crippen molar-refractivity contribution in [3.8, 4) is 0 Å². The summed E-state index contributed by atoms with van der Waals surface area (Å²) in [7, 11) is 0. The third-order valence-corrected chi connectivity index (χ3v) is 7.01. The van der Waals surface area contributed by atoms with Crippen LogP contribution in [-0.2, 0) is 0 Å². The minimum absolute atomic E-state index is 0.0185. The summed E-state index contributed by atoms with van der Waals surface area (Å²) in [4.78, 5) is 14.9. The maximum Gasteiger partial charge on any atom is 0.253 e. The fourth-order valence-electron chi connectivity index (χ4n) is 2.43. The molecule has 1 amide bonds. The summed E-state index contributed by atoms with van der Waals surface area (Å²) in [6, 6.07) is 5.23. The molecule has 7 heteroatoms. The van der Waals surface area contributed by atoms with Crippen LogP contribution in [-0.4, -0.2) is 39.9 Å². The smallest absolute Gasteiger partial charge is 0.253 e. The number of carbonyl (C=O) groups excluding carboxylic acids is 1. The van der Waals surface area contributed by atoms with Gasteiger partial charge in [-0.15, -0.1) is 0 Å². The molecule has 0 saturated carbocycles. The number of thioether (sulfide) groups is 1. The van der Waals surface area contributed by atoms with Gasteiger partial charge in [-0.05, 0) is 53.2 Å². The summed E-state index contributed by atoms with van der Waals surface area (Å²) in [5.41, 5.74) is 6.51. The molecule has 2 N–H and O–H groups in total. The standard InChI is InChI=1S/C14H16BrClN2OS2/c1-21-14(13(17)20)4-6-18(7-5-14)12(19)9-2-3-11(16)10(15)8-9/h2-3,8H,4-7H2,1H3,(H2,17,20). The van der Waals surface area contributed by atoms with Crippen molar-refractivity contribution in [1.82, 2.24) is 4.90 Å². The van der Waals surface area contributed by atoms with E-state index in [1.165, 1.54) is 0 Å². The number of piperidine rings is 1. The maximum atomic E-state index is 12.5. The Morgan fingerprint density at radius 1 is 1.48 bits per heavy atom. The molecule has 1 saturated heterocycles. The molecule has 1 heterocycles. The number of amides is 1. The SMILES string of the molecule is CSC1(C(N)=S)CCN(C(=O)c2ccc(Cl)c(Br)c2)CC1. The maximum absolute atomic E-state index is 12.5. The molecule has 1 aromatic rings. The predicted molar refractivity (Wildman–Crippen MR) is 97.3 cm³/mol. The second-order valence-electron chi connectivity index (χ2n) is 4.98. The van der Waals surface area contributed by atoms with Gasteiger partial charge in [0.05, 0.1) is 14.8 Å². The average Bonchev–Trinajstić information content (AvgIpc) is 2.49. The Kier molecular flexibility index (Phi) is 5.57. The van der Waals surface area contributed by atoms with E-state index in [1.54, 1.807) is 30.0 Å². The molecule has 21 heavy (non-hydrogen) atoms. The lowest BCUT2D eigenvalue weighted by atomic mass is 9.95. The van der Waals surface area contributed by atoms with Crippen molar-refractivity contribution >= 4 is 62.4 Å². The highest BCUT2D eigenvalue weighted by molar-refractivity contribution is 9.10. The zero-order valence-corrected chi connectivity index (χ0v) is 15.5. The first-order chi connectivity index (χ1) is 9.89. The minimum atomic E-state index is -0.174. The predicted octanol–water partition coefficient (Wildman–Crippen LogP) is 3.73. The van der Waals surface area contributed by atoms with Gasteiger partial charge in [-0.3, -0.25) is 4.79 Å². The molecule has 0 aromatic heterocycles. The molecule has 1 aliphatic heterocycles. The number of carbonyl (C=O) groups is 1. The van der Waals surface area contributed by atoms with Crippen molar-refractivity contribution in [3.05, 3.63) is 33.3 Å². The van der Waals surface area contributed by atoms with Crippen LogP contribution in [0.15, 0.2) is 22.7 Å². The van der Waals surface area contributed by atoms with Crippen molar-refractivity contribution in [1.29, 1.82) is 0 Å². The first-order valence-corrected chi connectivity index (χ1v) is 9.29. The molecule has 0 radical (unpaired) electrons. The Balaban J connectivity index is 2.09. The second kappa shape index (κ2) is 6.86. The lowest BCUT2D eigenvalue weighted by molar-refractivity contribution is 0.0719. The van der Waals surface area contributed by atoms with Crippen LogP contribution in [0.3, 0.4) is 0 Å². The lowest BCUT2D eigenvalue weighted by Gasteiger charge is -2.40. The average molecular weight is 408 g/mol. The van der Waals surface area contributed by atoms with Crippen LogP contribution in [0.2, 0.25) is 5.02 Å². The zero-order chi connectivity index (χ0) is 15.6. The Morgan fingerprint density at radius 3 is 2.57 bits per heavy atom. The highest BCUT2D eigenvalue weighted by Gasteiger charge is 2.38. The molecular formula is C14H16BrClN2OS2. The molecule has 1 aliphatic rings. The van der Waals surface area contributed by atoms with Gasteiger partial charge in [-0.2, -0.15) is 11.8 Å². The summed E-state index contributed by atoms with van der Waals surface area (Å²) >= 11 is 16.2. The number of rotatable bonds is 3. The van der Waals surface area contributed by atoms with E-state index >= 15 is 0 Å². The Labute approximate surface area is 147 Å². The van der Waals surface area contributed by atoms with Gasteiger partial charge in [-0.1, -0.05) is 23.8 Å². The van der Waals surface area contributed by atoms with Crippen LogP contribution in [0.1, 0.15) is 23.2 Å². The molecule has 2 rings (SSSR count). The highest BCUT2D eigenvalue weighted by Crippen LogP contribution is 2.35. The van der Waals surface area contributed by atoms with E-state index in [1.807, 2.05) is 11.2 Å². The van der Waals surface area contributed by atoms with Crippen LogP contribution in [0.5, 0.6) is 0 Å². The normalized spacial score (nSPS) is 17.6. The van der Waals surface area contributed by atoms with Crippen LogP contribution in [0, 0.1) is 0 Å². The van der Waals surface area contributed by atoms with Gasteiger partial charge in [0.15, 0.2) is 0 Å². The van der Waals surface area contributed by atoms with Crippen molar-refractivity contribution in [2.24, 2.45) is 5.73 Å². The second-order valence-corrected chi connectivity index (χ2v) is 7.87. The van der Waals surface area contributed by atoms with Gasteiger partial charge < -0.3 is 10.6 Å². The number of hydrogen-bond acceptors (Lipinski definition) is 3. The van der Waals surface area contributed by atoms with Gasteiger partial charge in [-0.25, -0.2) is 0 Å². The Hall–Kier alpha value is -0.300. The number of nitrogens with two attached hydrogens (primary N) is 1. The first kappa shape index (κ1) is 17.1. The minimum Gasteiger partial charge on any atom is -0.392 e. The zero-order valence-electron chi connectivity index (χ0n) is 11.6. The van der Waals surface area contributed by atoms with Crippen LogP contribution >= 0.6 is 51.5 Å². The first-order valence-electron chi connectivity index (χ1n) is 6.49. The molecule has 3 nitrogen and oxygen atoms in total. The molecule has 0 bridgehead atoms. The molecular weight excluding hydrogens is 392 g/mol. The summed E-state index contributed by atoms with van der Waals surface area (Å²) < 4.78 is 0.556. The number of halogens is 2. The van der Waals surface area contributed by atoms with E-state index in [2.05, 4.69) is 15.9 Å². The third-order valence-electron chi connectivity index (χ3n) is 3.86. The molecule has 1 aromatic carbocycles. The van der Waals surface area contributed by atoms with Crippen LogP contribution in [0.25, 0.3) is 0 Å². The Bertz CT molecular complexity index is 574. The van der Waals surface area contributed by atoms with Gasteiger partial charge in [0.25, 0.3) is 5.91 Å². The summed E-state index contributed by atoms with van der Waals surface area (Å²) in [6.07, 6.45) is 3.61. The van der Waals surface area contributed by atoms with E-state index in [0.29, 0.717) is 28.7 Å². The number of thiocarbonyl (C=S) groups is 1. The van der Waals surface area contributed by atoms with E-state index in [-0.39, 0.29) is 10.7 Å². The number of nitrogens with zero attached hydrogens (tertiary/aromatic N) is 1. The van der Waals surface area contributed by atoms with Gasteiger partial charge in [0, 0.05) is 23.1 Å². The number of likely N-dealkylation sites (tertiary alicyclic amines) is 1. The number of hydrogen-bond donors (Lipinski definition) is 1. The largest absolute Gasteiger partial charge is 0.392 e. The van der Waals surface area contributed by atoms with Gasteiger partial charge in [0.1, 0.15) is 0 Å². The molecule has 0 atom stereocenters. The van der Waals surface area contributed by atoms with Crippen molar-refractivity contribution in [2.45, 2.75) is 17.6 Å². The fraction of sp³-hybridized carbons (Fsp3) is 0.429. The lowest BCUT2D eigenvalue weighted by Crippen LogP contribution is -2.50. The topological polar surface area (TPSA) is 46.3 Å². The van der Waals surface area contributed by atoms with Crippen LogP contribution in [0.4, 0.5) is 0 Å². The quantitative estimate of drug-likeness (QED) is 0.776. The van der Waals surface area contributed by atoms with E-state index in [9.17, 15) is 4.79 Å². The van der Waals surface area contributed by atoms with Gasteiger partial charge in [0.2, 0.25) is 0 Å². The fourth-order valence-corrected chi connectivity index (χ4v) is 4.18.